The molecule has 2 aliphatic rings. The van der Waals surface area contributed by atoms with Crippen molar-refractivity contribution >= 4 is 126 Å². The number of carboxylic acids is 3. The molecule has 0 aromatic carbocycles. The number of hydrogen-bond donors (Lipinski definition) is 5. The number of carboxylic acid groups (broad SMARTS) is 3. The molecule has 0 saturated heterocycles. The highest BCUT2D eigenvalue weighted by atomic mass is 79.9. The fourth-order valence-electron chi connectivity index (χ4n) is 6.69. The SMILES string of the molecule is CCCC1=C(C)c2nc1c(Br)c1nc(c(Br)c3[nH]c(c(CCC(=O)O)c3C)c(Br)c3[nH]c(c2Br)c(CCC(=O)O)c3C)C(CCC(=O)O)=C1C. The number of carbonyl (C=O) groups is 3. The number of allylic oxidation sites excluding steroid dienone is 4. The smallest absolute Gasteiger partial charge is 0.303 e. The third kappa shape index (κ3) is 7.05. The summed E-state index contributed by atoms with van der Waals surface area (Å²) in [4.78, 5) is 52.7. The standard InChI is InChI=1S/C36H36Br4N4O6/c1-6-7-18-14(2)29-26(38)34-20(9-12-23(47)48)16(4)31(43-34)28(40)36-21(10-13-24(49)50)17(5)32(44-36)27(39)35-19(8-11-22(45)46)15(3)30(42-35)25(37)33(18)41-29/h43-44H,6-13H2,1-5H3,(H,45,46)(H,47,48)(H,49,50). The first-order valence-electron chi connectivity index (χ1n) is 16.1. The second-order valence-corrected chi connectivity index (χ2v) is 15.6. The number of rotatable bonds is 11. The van der Waals surface area contributed by atoms with E-state index in [0.29, 0.717) is 57.0 Å². The number of aliphatic carboxylic acids is 3. The zero-order valence-corrected chi connectivity index (χ0v) is 34.5. The fourth-order valence-corrected chi connectivity index (χ4v) is 9.59. The van der Waals surface area contributed by atoms with Crippen LogP contribution in [-0.2, 0) is 27.2 Å². The first-order valence-corrected chi connectivity index (χ1v) is 19.3. The maximum Gasteiger partial charge on any atom is 0.303 e. The van der Waals surface area contributed by atoms with Crippen LogP contribution >= 0.6 is 63.7 Å². The summed E-state index contributed by atoms with van der Waals surface area (Å²) in [5, 5.41) is 29.0. The molecule has 0 amide bonds. The molecule has 3 aromatic heterocycles. The maximum absolute atomic E-state index is 11.8. The van der Waals surface area contributed by atoms with Crippen molar-refractivity contribution in [2.45, 2.75) is 86.0 Å². The zero-order chi connectivity index (χ0) is 36.8. The van der Waals surface area contributed by atoms with Gasteiger partial charge in [0.1, 0.15) is 0 Å². The molecule has 10 nitrogen and oxygen atoms in total. The van der Waals surface area contributed by atoms with Gasteiger partial charge < -0.3 is 25.3 Å². The van der Waals surface area contributed by atoms with Gasteiger partial charge >= 0.3 is 17.9 Å². The van der Waals surface area contributed by atoms with Crippen LogP contribution < -0.4 is 0 Å². The van der Waals surface area contributed by atoms with Crippen molar-refractivity contribution in [2.75, 3.05) is 0 Å². The van der Waals surface area contributed by atoms with E-state index in [2.05, 4.69) is 80.6 Å². The van der Waals surface area contributed by atoms with E-state index in [0.717, 1.165) is 63.1 Å². The van der Waals surface area contributed by atoms with Gasteiger partial charge in [-0.3, -0.25) is 14.4 Å². The quantitative estimate of drug-likeness (QED) is 0.127. The van der Waals surface area contributed by atoms with Crippen molar-refractivity contribution in [1.82, 2.24) is 19.9 Å². The third-order valence-electron chi connectivity index (χ3n) is 9.37. The van der Waals surface area contributed by atoms with Crippen LogP contribution in [0.1, 0.15) is 104 Å². The number of hydrogen-bond acceptors (Lipinski definition) is 5. The van der Waals surface area contributed by atoms with Crippen molar-refractivity contribution in [3.05, 3.63) is 62.9 Å². The summed E-state index contributed by atoms with van der Waals surface area (Å²) >= 11 is 15.4. The van der Waals surface area contributed by atoms with Crippen molar-refractivity contribution in [3.63, 3.8) is 0 Å². The average molecular weight is 940 g/mol. The summed E-state index contributed by atoms with van der Waals surface area (Å²) in [5.41, 5.74) is 12.3. The predicted molar refractivity (Wildman–Crippen MR) is 210 cm³/mol. The van der Waals surface area contributed by atoms with Gasteiger partial charge in [-0.25, -0.2) is 9.97 Å². The van der Waals surface area contributed by atoms with E-state index in [9.17, 15) is 29.7 Å². The lowest BCUT2D eigenvalue weighted by atomic mass is 9.99. The Hall–Kier alpha value is -3.07. The number of aromatic nitrogens is 4. The molecule has 0 atom stereocenters. The van der Waals surface area contributed by atoms with Crippen LogP contribution in [0.4, 0.5) is 0 Å². The van der Waals surface area contributed by atoms with Crippen LogP contribution in [0, 0.1) is 13.8 Å². The maximum atomic E-state index is 11.8. The van der Waals surface area contributed by atoms with Gasteiger partial charge in [-0.1, -0.05) is 13.3 Å². The Bertz CT molecular complexity index is 2210. The van der Waals surface area contributed by atoms with Gasteiger partial charge in [0.25, 0.3) is 0 Å². The molecule has 5 rings (SSSR count). The first-order chi connectivity index (χ1) is 23.6. The molecule has 0 spiro atoms. The largest absolute Gasteiger partial charge is 0.481 e. The Kier molecular flexibility index (Phi) is 11.7. The Labute approximate surface area is 322 Å². The summed E-state index contributed by atoms with van der Waals surface area (Å²) < 4.78 is 2.62. The van der Waals surface area contributed by atoms with E-state index < -0.39 is 17.9 Å². The number of H-pyrrole nitrogens is 2. The number of halogens is 4. The molecule has 264 valence electrons. The van der Waals surface area contributed by atoms with Gasteiger partial charge in [0.15, 0.2) is 0 Å². The van der Waals surface area contributed by atoms with Gasteiger partial charge in [0.05, 0.1) is 62.7 Å². The second kappa shape index (κ2) is 15.3. The number of aryl methyl sites for hydroxylation is 4. The van der Waals surface area contributed by atoms with Crippen LogP contribution in [0.25, 0.3) is 44.4 Å². The topological polar surface area (TPSA) is 169 Å². The molecule has 5 N–H and O–H groups in total. The Balaban J connectivity index is 2.07. The molecule has 0 fully saturated rings. The molecule has 8 bridgehead atoms. The summed E-state index contributed by atoms with van der Waals surface area (Å²) in [6.45, 7) is 9.92. The summed E-state index contributed by atoms with van der Waals surface area (Å²) in [6.07, 6.45) is 2.11. The van der Waals surface area contributed by atoms with Crippen LogP contribution in [0.15, 0.2) is 17.9 Å². The highest BCUT2D eigenvalue weighted by Gasteiger charge is 2.29. The number of fused-ring (bicyclic) bond motifs is 8. The summed E-state index contributed by atoms with van der Waals surface area (Å²) in [7, 11) is 0. The lowest BCUT2D eigenvalue weighted by molar-refractivity contribution is -0.138. The molecule has 14 heteroatoms. The van der Waals surface area contributed by atoms with E-state index in [4.69, 9.17) is 9.97 Å². The van der Waals surface area contributed by atoms with Gasteiger partial charge in [-0.2, -0.15) is 0 Å². The van der Waals surface area contributed by atoms with Crippen LogP contribution in [0.3, 0.4) is 0 Å². The minimum Gasteiger partial charge on any atom is -0.481 e. The zero-order valence-electron chi connectivity index (χ0n) is 28.1. The molecule has 0 unspecified atom stereocenters. The van der Waals surface area contributed by atoms with Crippen molar-refractivity contribution in [2.24, 2.45) is 0 Å². The Morgan fingerprint density at radius 2 is 0.920 bits per heavy atom. The van der Waals surface area contributed by atoms with Gasteiger partial charge in [0.2, 0.25) is 0 Å². The fraction of sp³-hybridized carbons (Fsp3) is 0.361. The predicted octanol–water partition coefficient (Wildman–Crippen LogP) is 10.5. The van der Waals surface area contributed by atoms with E-state index in [1.165, 1.54) is 0 Å². The highest BCUT2D eigenvalue weighted by molar-refractivity contribution is 9.11. The Morgan fingerprint density at radius 3 is 1.40 bits per heavy atom. The lowest BCUT2D eigenvalue weighted by Crippen LogP contribution is -1.98. The third-order valence-corrected chi connectivity index (χ3v) is 12.5. The molecular weight excluding hydrogens is 904 g/mol. The minimum absolute atomic E-state index is 0.0755. The first kappa shape index (κ1) is 38.2. The van der Waals surface area contributed by atoms with E-state index in [1.54, 1.807) is 0 Å². The molecular formula is C36H36Br4N4O6. The average Bonchev–Trinajstić information content (AvgIpc) is 3.77. The van der Waals surface area contributed by atoms with Crippen LogP contribution in [0.2, 0.25) is 0 Å². The molecule has 0 aliphatic carbocycles. The van der Waals surface area contributed by atoms with Crippen molar-refractivity contribution in [1.29, 1.82) is 0 Å². The Morgan fingerprint density at radius 1 is 0.540 bits per heavy atom. The van der Waals surface area contributed by atoms with Crippen LogP contribution in [-0.4, -0.2) is 53.2 Å². The minimum atomic E-state index is -0.933. The van der Waals surface area contributed by atoms with E-state index in [-0.39, 0.29) is 38.5 Å². The molecule has 2 aliphatic heterocycles. The summed E-state index contributed by atoms with van der Waals surface area (Å²) in [5.74, 6) is -2.77. The van der Waals surface area contributed by atoms with Crippen molar-refractivity contribution in [3.8, 4) is 0 Å². The highest BCUT2D eigenvalue weighted by Crippen LogP contribution is 2.46. The second-order valence-electron chi connectivity index (χ2n) is 12.5. The summed E-state index contributed by atoms with van der Waals surface area (Å²) in [6, 6.07) is 0. The number of nitrogens with one attached hydrogen (secondary N) is 2. The molecule has 0 radical (unpaired) electrons. The van der Waals surface area contributed by atoms with Gasteiger partial charge in [-0.15, -0.1) is 0 Å². The van der Waals surface area contributed by atoms with Gasteiger partial charge in [-0.05, 0) is 162 Å². The molecule has 3 aromatic rings. The number of aromatic amines is 2. The van der Waals surface area contributed by atoms with Gasteiger partial charge in [0, 0.05) is 19.3 Å². The number of nitrogens with zero attached hydrogens (tertiary/aromatic N) is 2. The van der Waals surface area contributed by atoms with E-state index in [1.807, 2.05) is 27.7 Å². The lowest BCUT2D eigenvalue weighted by Gasteiger charge is -2.07. The molecule has 5 heterocycles. The van der Waals surface area contributed by atoms with Crippen LogP contribution in [0.5, 0.6) is 0 Å². The molecule has 0 saturated carbocycles. The van der Waals surface area contributed by atoms with E-state index >= 15 is 0 Å². The van der Waals surface area contributed by atoms with Crippen molar-refractivity contribution < 1.29 is 29.7 Å². The monoisotopic (exact) mass is 936 g/mol. The molecule has 50 heavy (non-hydrogen) atoms. The normalized spacial score (nSPS) is 13.1.